The summed E-state index contributed by atoms with van der Waals surface area (Å²) in [6.07, 6.45) is 6.60. The Morgan fingerprint density at radius 3 is 2.90 bits per heavy atom. The van der Waals surface area contributed by atoms with Crippen molar-refractivity contribution in [3.8, 4) is 5.69 Å². The maximum absolute atomic E-state index is 14.7. The van der Waals surface area contributed by atoms with E-state index in [0.29, 0.717) is 17.0 Å². The predicted molar refractivity (Wildman–Crippen MR) is 114 cm³/mol. The summed E-state index contributed by atoms with van der Waals surface area (Å²) in [5.41, 5.74) is 1.76. The van der Waals surface area contributed by atoms with Crippen LogP contribution in [0.25, 0.3) is 11.3 Å². The van der Waals surface area contributed by atoms with Gasteiger partial charge in [-0.25, -0.2) is 18.6 Å². The Labute approximate surface area is 182 Å². The number of fused-ring (bicyclic) bond motifs is 1. The predicted octanol–water partition coefficient (Wildman–Crippen LogP) is 3.43. The molecular weight excluding hydrogens is 421 g/mol. The van der Waals surface area contributed by atoms with E-state index in [-0.39, 0.29) is 16.6 Å². The monoisotopic (exact) mass is 439 g/mol. The second-order valence-corrected chi connectivity index (χ2v) is 7.82. The number of anilines is 1. The lowest BCUT2D eigenvalue weighted by atomic mass is 9.95. The van der Waals surface area contributed by atoms with Crippen molar-refractivity contribution >= 4 is 29.0 Å². The van der Waals surface area contributed by atoms with Gasteiger partial charge in [0, 0.05) is 29.4 Å². The lowest BCUT2D eigenvalue weighted by Gasteiger charge is -2.20. The van der Waals surface area contributed by atoms with Crippen LogP contribution in [-0.2, 0) is 0 Å². The number of benzene rings is 1. The summed E-state index contributed by atoms with van der Waals surface area (Å²) in [5.74, 6) is -0.330. The van der Waals surface area contributed by atoms with Crippen LogP contribution in [0, 0.1) is 5.82 Å². The normalized spacial score (nSPS) is 14.8. The number of carbonyl (C=O) groups excluding carboxylic acids is 1. The second-order valence-electron chi connectivity index (χ2n) is 7.39. The van der Waals surface area contributed by atoms with Crippen LogP contribution in [0.3, 0.4) is 0 Å². The molecular formula is C21H19ClFN7O. The van der Waals surface area contributed by atoms with E-state index in [1.54, 1.807) is 36.7 Å². The highest BCUT2D eigenvalue weighted by atomic mass is 35.5. The fourth-order valence-corrected chi connectivity index (χ4v) is 3.97. The molecule has 4 aromatic rings. The van der Waals surface area contributed by atoms with Crippen LogP contribution in [0.4, 0.5) is 10.2 Å². The fourth-order valence-electron chi connectivity index (χ4n) is 3.81. The van der Waals surface area contributed by atoms with Crippen molar-refractivity contribution in [2.45, 2.75) is 18.8 Å². The van der Waals surface area contributed by atoms with Gasteiger partial charge >= 0.3 is 0 Å². The Hall–Kier alpha value is -3.30. The molecule has 1 aliphatic heterocycles. The largest absolute Gasteiger partial charge is 0.317 e. The topological polar surface area (TPSA) is 89.1 Å². The van der Waals surface area contributed by atoms with Gasteiger partial charge in [0.1, 0.15) is 22.9 Å². The van der Waals surface area contributed by atoms with Crippen LogP contribution in [-0.4, -0.2) is 43.4 Å². The average Bonchev–Trinajstić information content (AvgIpc) is 3.39. The van der Waals surface area contributed by atoms with E-state index in [9.17, 15) is 9.18 Å². The van der Waals surface area contributed by atoms with Gasteiger partial charge in [-0.3, -0.25) is 4.79 Å². The molecule has 2 N–H and O–H groups in total. The smallest absolute Gasteiger partial charge is 0.262 e. The number of hydrogen-bond acceptors (Lipinski definition) is 5. The molecule has 1 aromatic carbocycles. The van der Waals surface area contributed by atoms with Crippen LogP contribution < -0.4 is 10.6 Å². The van der Waals surface area contributed by atoms with Crippen molar-refractivity contribution in [3.63, 3.8) is 0 Å². The summed E-state index contributed by atoms with van der Waals surface area (Å²) in [6, 6.07) is 7.89. The van der Waals surface area contributed by atoms with E-state index < -0.39 is 11.7 Å². The van der Waals surface area contributed by atoms with Crippen LogP contribution in [0.5, 0.6) is 0 Å². The highest BCUT2D eigenvalue weighted by Crippen LogP contribution is 2.30. The minimum atomic E-state index is -0.527. The first kappa shape index (κ1) is 19.7. The molecule has 4 heterocycles. The van der Waals surface area contributed by atoms with Crippen LogP contribution in [0.15, 0.2) is 48.9 Å². The summed E-state index contributed by atoms with van der Waals surface area (Å²) < 4.78 is 17.6. The Morgan fingerprint density at radius 2 is 2.10 bits per heavy atom. The Morgan fingerprint density at radius 1 is 1.26 bits per heavy atom. The minimum absolute atomic E-state index is 0.206. The molecule has 1 aliphatic rings. The van der Waals surface area contributed by atoms with Gasteiger partial charge in [0.2, 0.25) is 0 Å². The maximum Gasteiger partial charge on any atom is 0.262 e. The zero-order valence-corrected chi connectivity index (χ0v) is 17.2. The number of halogens is 2. The van der Waals surface area contributed by atoms with Gasteiger partial charge in [0.05, 0.1) is 11.9 Å². The van der Waals surface area contributed by atoms with Crippen LogP contribution in [0.1, 0.15) is 34.8 Å². The van der Waals surface area contributed by atoms with Gasteiger partial charge in [-0.1, -0.05) is 11.6 Å². The third kappa shape index (κ3) is 3.77. The van der Waals surface area contributed by atoms with Crippen LogP contribution in [0.2, 0.25) is 5.02 Å². The molecule has 3 aromatic heterocycles. The van der Waals surface area contributed by atoms with Crippen molar-refractivity contribution in [3.05, 3.63) is 71.0 Å². The molecule has 0 spiro atoms. The lowest BCUT2D eigenvalue weighted by Crippen LogP contribution is -2.26. The quantitative estimate of drug-likeness (QED) is 0.508. The Bertz CT molecular complexity index is 1260. The van der Waals surface area contributed by atoms with Crippen molar-refractivity contribution < 1.29 is 9.18 Å². The molecule has 1 amide bonds. The molecule has 5 rings (SSSR count). The molecule has 158 valence electrons. The van der Waals surface area contributed by atoms with E-state index in [2.05, 4.69) is 25.8 Å². The number of aromatic nitrogens is 5. The van der Waals surface area contributed by atoms with Crippen molar-refractivity contribution in [2.24, 2.45) is 0 Å². The standard InChI is InChI=1S/C21H19ClFN7O/c22-14-2-3-18(16(23)10-14)30-19(11-17(28-30)13-4-7-24-8-5-13)27-21(31)15-12-26-29-9-1-6-25-20(15)29/h1-3,6,9-13,24H,4-5,7-8H2,(H,27,31). The van der Waals surface area contributed by atoms with E-state index >= 15 is 0 Å². The third-order valence-electron chi connectivity index (χ3n) is 5.39. The van der Waals surface area contributed by atoms with Gasteiger partial charge in [-0.15, -0.1) is 0 Å². The fraction of sp³-hybridized carbons (Fsp3) is 0.238. The average molecular weight is 440 g/mol. The van der Waals surface area contributed by atoms with Gasteiger partial charge in [0.25, 0.3) is 5.91 Å². The highest BCUT2D eigenvalue weighted by Gasteiger charge is 2.23. The Balaban J connectivity index is 1.54. The molecule has 0 saturated carbocycles. The zero-order valence-electron chi connectivity index (χ0n) is 16.4. The molecule has 0 aliphatic carbocycles. The zero-order chi connectivity index (χ0) is 21.4. The van der Waals surface area contributed by atoms with Gasteiger partial charge < -0.3 is 10.6 Å². The summed E-state index contributed by atoms with van der Waals surface area (Å²) in [7, 11) is 0. The lowest BCUT2D eigenvalue weighted by molar-refractivity contribution is 0.102. The SMILES string of the molecule is O=C(Nc1cc(C2CCNCC2)nn1-c1ccc(Cl)cc1F)c1cnn2cccnc12. The van der Waals surface area contributed by atoms with E-state index in [4.69, 9.17) is 11.6 Å². The molecule has 0 unspecified atom stereocenters. The first-order valence-corrected chi connectivity index (χ1v) is 10.3. The van der Waals surface area contributed by atoms with Crippen LogP contribution >= 0.6 is 11.6 Å². The third-order valence-corrected chi connectivity index (χ3v) is 5.62. The number of nitrogens with zero attached hydrogens (tertiary/aromatic N) is 5. The van der Waals surface area contributed by atoms with Crippen molar-refractivity contribution in [2.75, 3.05) is 18.4 Å². The minimum Gasteiger partial charge on any atom is -0.317 e. The van der Waals surface area contributed by atoms with Gasteiger partial charge in [-0.2, -0.15) is 10.2 Å². The number of hydrogen-bond donors (Lipinski definition) is 2. The van der Waals surface area contributed by atoms with Crippen molar-refractivity contribution in [1.29, 1.82) is 0 Å². The molecule has 0 radical (unpaired) electrons. The van der Waals surface area contributed by atoms with Gasteiger partial charge in [0.15, 0.2) is 5.65 Å². The molecule has 1 fully saturated rings. The molecule has 0 bridgehead atoms. The molecule has 1 saturated heterocycles. The summed E-state index contributed by atoms with van der Waals surface area (Å²) in [5, 5.41) is 15.3. The highest BCUT2D eigenvalue weighted by molar-refractivity contribution is 6.30. The number of amides is 1. The molecule has 8 nitrogen and oxygen atoms in total. The number of rotatable bonds is 4. The summed E-state index contributed by atoms with van der Waals surface area (Å²) >= 11 is 5.92. The second kappa shape index (κ2) is 8.09. The van der Waals surface area contributed by atoms with E-state index in [1.165, 1.54) is 21.5 Å². The number of nitrogens with one attached hydrogen (secondary N) is 2. The Kier molecular flexibility index (Phi) is 5.13. The molecule has 10 heteroatoms. The number of piperidine rings is 1. The maximum atomic E-state index is 14.7. The molecule has 0 atom stereocenters. The van der Waals surface area contributed by atoms with Gasteiger partial charge in [-0.05, 0) is 50.2 Å². The van der Waals surface area contributed by atoms with E-state index in [0.717, 1.165) is 31.6 Å². The first-order chi connectivity index (χ1) is 15.1. The molecule has 31 heavy (non-hydrogen) atoms. The number of carbonyl (C=O) groups is 1. The summed E-state index contributed by atoms with van der Waals surface area (Å²) in [4.78, 5) is 17.2. The summed E-state index contributed by atoms with van der Waals surface area (Å²) in [6.45, 7) is 1.78. The van der Waals surface area contributed by atoms with Crippen molar-refractivity contribution in [1.82, 2.24) is 29.7 Å². The van der Waals surface area contributed by atoms with E-state index in [1.807, 2.05) is 0 Å². The first-order valence-electron chi connectivity index (χ1n) is 9.96.